The Labute approximate surface area is 113 Å². The molecule has 0 radical (unpaired) electrons. The fraction of sp³-hybridized carbons (Fsp3) is 0.714. The Morgan fingerprint density at radius 3 is 2.56 bits per heavy atom. The number of hydrogen-bond acceptors (Lipinski definition) is 3. The molecule has 1 saturated carbocycles. The van der Waals surface area contributed by atoms with Crippen LogP contribution >= 0.6 is 11.6 Å². The first-order valence-electron chi connectivity index (χ1n) is 7.04. The minimum Gasteiger partial charge on any atom is -0.448 e. The number of rotatable bonds is 3. The number of nitrogens with zero attached hydrogens (tertiary/aromatic N) is 1. The normalized spacial score (nSPS) is 24.5. The second-order valence-electron chi connectivity index (χ2n) is 5.42. The van der Waals surface area contributed by atoms with Crippen molar-refractivity contribution in [2.75, 3.05) is 26.2 Å². The summed E-state index contributed by atoms with van der Waals surface area (Å²) in [5.41, 5.74) is 0. The molecular weight excluding hydrogens is 248 g/mol. The molecule has 0 unspecified atom stereocenters. The Kier molecular flexibility index (Phi) is 3.92. The van der Waals surface area contributed by atoms with Gasteiger partial charge in [-0.2, -0.15) is 0 Å². The Bertz CT molecular complexity index is 381. The molecular formula is C14H21ClN2O. The van der Waals surface area contributed by atoms with E-state index in [-0.39, 0.29) is 0 Å². The smallest absolute Gasteiger partial charge is 0.193 e. The summed E-state index contributed by atoms with van der Waals surface area (Å²) in [6.07, 6.45) is 5.38. The summed E-state index contributed by atoms with van der Waals surface area (Å²) in [6, 6.07) is 4.37. The number of furan rings is 1. The van der Waals surface area contributed by atoms with E-state index in [4.69, 9.17) is 16.0 Å². The van der Waals surface area contributed by atoms with Crippen molar-refractivity contribution in [2.24, 2.45) is 5.92 Å². The number of nitrogens with one attached hydrogen (secondary N) is 1. The predicted molar refractivity (Wildman–Crippen MR) is 72.9 cm³/mol. The van der Waals surface area contributed by atoms with E-state index in [2.05, 4.69) is 16.3 Å². The summed E-state index contributed by atoms with van der Waals surface area (Å²) in [5, 5.41) is 3.94. The lowest BCUT2D eigenvalue weighted by Gasteiger charge is -2.37. The van der Waals surface area contributed by atoms with Gasteiger partial charge >= 0.3 is 0 Å². The van der Waals surface area contributed by atoms with Gasteiger partial charge in [0, 0.05) is 26.2 Å². The third-order valence-corrected chi connectivity index (χ3v) is 4.48. The van der Waals surface area contributed by atoms with Crippen molar-refractivity contribution in [1.82, 2.24) is 10.2 Å². The van der Waals surface area contributed by atoms with E-state index >= 15 is 0 Å². The minimum absolute atomic E-state index is 0.432. The maximum absolute atomic E-state index is 5.95. The van der Waals surface area contributed by atoms with E-state index in [1.807, 2.05) is 6.07 Å². The highest BCUT2D eigenvalue weighted by atomic mass is 35.5. The summed E-state index contributed by atoms with van der Waals surface area (Å²) in [7, 11) is 0. The third kappa shape index (κ3) is 2.58. The fourth-order valence-corrected chi connectivity index (χ4v) is 3.58. The number of hydrogen-bond donors (Lipinski definition) is 1. The zero-order chi connectivity index (χ0) is 12.4. The van der Waals surface area contributed by atoms with Crippen LogP contribution in [-0.4, -0.2) is 31.1 Å². The van der Waals surface area contributed by atoms with Gasteiger partial charge < -0.3 is 9.73 Å². The van der Waals surface area contributed by atoms with Crippen LogP contribution in [0.1, 0.15) is 37.5 Å². The van der Waals surface area contributed by atoms with Gasteiger partial charge in [-0.3, -0.25) is 4.90 Å². The van der Waals surface area contributed by atoms with E-state index < -0.39 is 0 Å². The molecule has 1 aromatic heterocycles. The van der Waals surface area contributed by atoms with E-state index in [1.165, 1.54) is 25.7 Å². The quantitative estimate of drug-likeness (QED) is 0.913. The largest absolute Gasteiger partial charge is 0.448 e. The van der Waals surface area contributed by atoms with Crippen molar-refractivity contribution < 1.29 is 4.42 Å². The van der Waals surface area contributed by atoms with E-state index in [0.717, 1.165) is 37.9 Å². The van der Waals surface area contributed by atoms with Crippen LogP contribution in [-0.2, 0) is 0 Å². The van der Waals surface area contributed by atoms with E-state index in [0.29, 0.717) is 11.3 Å². The molecule has 1 atom stereocenters. The highest BCUT2D eigenvalue weighted by molar-refractivity contribution is 6.28. The van der Waals surface area contributed by atoms with Crippen LogP contribution in [0.15, 0.2) is 16.5 Å². The lowest BCUT2D eigenvalue weighted by atomic mass is 9.94. The summed E-state index contributed by atoms with van der Waals surface area (Å²) >= 11 is 5.95. The van der Waals surface area contributed by atoms with Gasteiger partial charge in [0.2, 0.25) is 0 Å². The lowest BCUT2D eigenvalue weighted by Crippen LogP contribution is -2.46. The molecule has 1 aliphatic carbocycles. The Morgan fingerprint density at radius 1 is 1.22 bits per heavy atom. The fourth-order valence-electron chi connectivity index (χ4n) is 3.43. The third-order valence-electron chi connectivity index (χ3n) is 4.28. The molecule has 3 rings (SSSR count). The first-order chi connectivity index (χ1) is 8.84. The second-order valence-corrected chi connectivity index (χ2v) is 5.79. The van der Waals surface area contributed by atoms with Gasteiger partial charge in [-0.05, 0) is 42.5 Å². The molecule has 2 heterocycles. The van der Waals surface area contributed by atoms with Gasteiger partial charge in [-0.25, -0.2) is 0 Å². The maximum Gasteiger partial charge on any atom is 0.193 e. The van der Waals surface area contributed by atoms with E-state index in [1.54, 1.807) is 0 Å². The van der Waals surface area contributed by atoms with Crippen LogP contribution in [0.2, 0.25) is 5.22 Å². The molecule has 0 amide bonds. The van der Waals surface area contributed by atoms with Crippen molar-refractivity contribution in [3.8, 4) is 0 Å². The van der Waals surface area contributed by atoms with Crippen LogP contribution < -0.4 is 5.32 Å². The molecule has 2 aliphatic rings. The summed E-state index contributed by atoms with van der Waals surface area (Å²) in [5.74, 6) is 1.80. The van der Waals surface area contributed by atoms with Gasteiger partial charge in [-0.15, -0.1) is 0 Å². The van der Waals surface area contributed by atoms with Crippen molar-refractivity contribution in [3.63, 3.8) is 0 Å². The number of piperazine rings is 1. The molecule has 3 nitrogen and oxygen atoms in total. The van der Waals surface area contributed by atoms with Gasteiger partial charge in [-0.1, -0.05) is 12.8 Å². The highest BCUT2D eigenvalue weighted by Crippen LogP contribution is 2.40. The Balaban J connectivity index is 1.82. The zero-order valence-corrected chi connectivity index (χ0v) is 11.5. The van der Waals surface area contributed by atoms with Crippen molar-refractivity contribution in [1.29, 1.82) is 0 Å². The monoisotopic (exact) mass is 268 g/mol. The minimum atomic E-state index is 0.432. The molecule has 0 aromatic carbocycles. The average Bonchev–Trinajstić information content (AvgIpc) is 3.04. The second kappa shape index (κ2) is 5.64. The van der Waals surface area contributed by atoms with Crippen LogP contribution in [0.5, 0.6) is 0 Å². The van der Waals surface area contributed by atoms with Crippen molar-refractivity contribution in [3.05, 3.63) is 23.1 Å². The highest BCUT2D eigenvalue weighted by Gasteiger charge is 2.33. The number of halogens is 1. The van der Waals surface area contributed by atoms with Gasteiger partial charge in [0.05, 0.1) is 6.04 Å². The van der Waals surface area contributed by atoms with Crippen LogP contribution in [0.3, 0.4) is 0 Å². The van der Waals surface area contributed by atoms with E-state index in [9.17, 15) is 0 Å². The summed E-state index contributed by atoms with van der Waals surface area (Å²) in [4.78, 5) is 2.57. The first-order valence-corrected chi connectivity index (χ1v) is 7.42. The van der Waals surface area contributed by atoms with Gasteiger partial charge in [0.25, 0.3) is 0 Å². The molecule has 1 saturated heterocycles. The van der Waals surface area contributed by atoms with Gasteiger partial charge in [0.1, 0.15) is 5.76 Å². The molecule has 100 valence electrons. The maximum atomic E-state index is 5.95. The zero-order valence-electron chi connectivity index (χ0n) is 10.7. The molecule has 1 aliphatic heterocycles. The molecule has 1 aromatic rings. The van der Waals surface area contributed by atoms with Crippen LogP contribution in [0.25, 0.3) is 0 Å². The standard InChI is InChI=1S/C14H21ClN2O/c15-13-6-5-12(18-13)14(11-3-1-2-4-11)17-9-7-16-8-10-17/h5-6,11,14,16H,1-4,7-10H2/t14-/m0/s1. The average molecular weight is 269 g/mol. The molecule has 1 N–H and O–H groups in total. The summed E-state index contributed by atoms with van der Waals surface area (Å²) < 4.78 is 5.71. The van der Waals surface area contributed by atoms with Crippen molar-refractivity contribution >= 4 is 11.6 Å². The molecule has 18 heavy (non-hydrogen) atoms. The summed E-state index contributed by atoms with van der Waals surface area (Å²) in [6.45, 7) is 4.38. The lowest BCUT2D eigenvalue weighted by molar-refractivity contribution is 0.108. The Hall–Kier alpha value is -0.510. The molecule has 0 spiro atoms. The Morgan fingerprint density at radius 2 is 1.94 bits per heavy atom. The molecule has 4 heteroatoms. The topological polar surface area (TPSA) is 28.4 Å². The van der Waals surface area contributed by atoms with Crippen molar-refractivity contribution in [2.45, 2.75) is 31.7 Å². The SMILES string of the molecule is Clc1ccc([C@H](C2CCCC2)N2CCNCC2)o1. The molecule has 0 bridgehead atoms. The molecule has 2 fully saturated rings. The van der Waals surface area contributed by atoms with Gasteiger partial charge in [0.15, 0.2) is 5.22 Å². The predicted octanol–water partition coefficient (Wildman–Crippen LogP) is 3.07. The van der Waals surface area contributed by atoms with Crippen LogP contribution in [0.4, 0.5) is 0 Å². The van der Waals surface area contributed by atoms with Crippen LogP contribution in [0, 0.1) is 5.92 Å². The first kappa shape index (κ1) is 12.5.